The van der Waals surface area contributed by atoms with E-state index in [1.54, 1.807) is 6.08 Å². The first-order chi connectivity index (χ1) is 9.84. The molecule has 0 aromatic carbocycles. The molecule has 0 saturated heterocycles. The molecule has 1 aliphatic rings. The van der Waals surface area contributed by atoms with Crippen molar-refractivity contribution in [1.82, 2.24) is 0 Å². The molecular weight excluding hydrogens is 276 g/mol. The molecule has 0 bridgehead atoms. The number of carbonyl (C=O) groups is 3. The van der Waals surface area contributed by atoms with Crippen LogP contribution >= 0.6 is 0 Å². The average Bonchev–Trinajstić information content (AvgIpc) is 2.42. The number of hydrogen-bond donors (Lipinski definition) is 1. The monoisotopic (exact) mass is 296 g/mol. The summed E-state index contributed by atoms with van der Waals surface area (Å²) in [6.07, 6.45) is 3.92. The summed E-state index contributed by atoms with van der Waals surface area (Å²) in [5.74, 6) is -3.88. The summed E-state index contributed by atoms with van der Waals surface area (Å²) in [6, 6.07) is 0. The van der Waals surface area contributed by atoms with Crippen LogP contribution in [0.3, 0.4) is 0 Å². The van der Waals surface area contributed by atoms with E-state index in [4.69, 9.17) is 14.6 Å². The van der Waals surface area contributed by atoms with Crippen molar-refractivity contribution in [1.29, 1.82) is 0 Å². The van der Waals surface area contributed by atoms with Gasteiger partial charge in [-0.3, -0.25) is 9.59 Å². The number of carbonyl (C=O) groups excluding carboxylic acids is 2. The minimum absolute atomic E-state index is 0.0773. The van der Waals surface area contributed by atoms with Crippen LogP contribution < -0.4 is 0 Å². The predicted octanol–water partition coefficient (Wildman–Crippen LogP) is 1.56. The maximum Gasteiger partial charge on any atom is 0.333 e. The van der Waals surface area contributed by atoms with Crippen LogP contribution in [0.4, 0.5) is 0 Å². The molecule has 0 radical (unpaired) electrons. The highest BCUT2D eigenvalue weighted by atomic mass is 16.6. The first-order valence-corrected chi connectivity index (χ1v) is 6.73. The van der Waals surface area contributed by atoms with Crippen LogP contribution in [0.1, 0.15) is 20.3 Å². The Kier molecular flexibility index (Phi) is 6.14. The van der Waals surface area contributed by atoms with Crippen molar-refractivity contribution in [3.63, 3.8) is 0 Å². The summed E-state index contributed by atoms with van der Waals surface area (Å²) < 4.78 is 9.82. The van der Waals surface area contributed by atoms with Crippen molar-refractivity contribution < 1.29 is 29.0 Å². The van der Waals surface area contributed by atoms with Gasteiger partial charge < -0.3 is 14.6 Å². The van der Waals surface area contributed by atoms with Gasteiger partial charge in [-0.2, -0.15) is 0 Å². The molecule has 1 aliphatic carbocycles. The minimum Gasteiger partial charge on any atom is -0.481 e. The number of aliphatic carboxylic acids is 1. The van der Waals surface area contributed by atoms with E-state index in [0.717, 1.165) is 0 Å². The molecule has 0 aromatic heterocycles. The largest absolute Gasteiger partial charge is 0.481 e. The molecule has 6 heteroatoms. The van der Waals surface area contributed by atoms with Gasteiger partial charge in [0.25, 0.3) is 0 Å². The van der Waals surface area contributed by atoms with E-state index in [1.807, 2.05) is 6.92 Å². The molecule has 0 aromatic rings. The van der Waals surface area contributed by atoms with Crippen LogP contribution in [0.5, 0.6) is 0 Å². The number of carboxylic acid groups (broad SMARTS) is 1. The van der Waals surface area contributed by atoms with Crippen molar-refractivity contribution in [3.8, 4) is 0 Å². The Morgan fingerprint density at radius 3 is 2.48 bits per heavy atom. The van der Waals surface area contributed by atoms with Crippen molar-refractivity contribution in [2.45, 2.75) is 20.3 Å². The van der Waals surface area contributed by atoms with Gasteiger partial charge in [0, 0.05) is 5.57 Å². The van der Waals surface area contributed by atoms with E-state index in [1.165, 1.54) is 13.0 Å². The van der Waals surface area contributed by atoms with E-state index in [2.05, 4.69) is 6.58 Å². The molecule has 3 atom stereocenters. The Morgan fingerprint density at radius 2 is 1.90 bits per heavy atom. The van der Waals surface area contributed by atoms with E-state index in [9.17, 15) is 14.4 Å². The number of ether oxygens (including phenoxy) is 2. The van der Waals surface area contributed by atoms with Gasteiger partial charge in [0.15, 0.2) is 0 Å². The first kappa shape index (κ1) is 16.9. The molecule has 3 unspecified atom stereocenters. The van der Waals surface area contributed by atoms with E-state index < -0.39 is 29.7 Å². The van der Waals surface area contributed by atoms with Gasteiger partial charge in [-0.1, -0.05) is 25.7 Å². The highest BCUT2D eigenvalue weighted by molar-refractivity contribution is 5.87. The number of hydrogen-bond acceptors (Lipinski definition) is 5. The lowest BCUT2D eigenvalue weighted by Crippen LogP contribution is -2.37. The second-order valence-corrected chi connectivity index (χ2v) is 5.11. The van der Waals surface area contributed by atoms with Gasteiger partial charge in [-0.15, -0.1) is 0 Å². The zero-order valence-electron chi connectivity index (χ0n) is 12.2. The molecule has 0 saturated carbocycles. The van der Waals surface area contributed by atoms with Crippen molar-refractivity contribution >= 4 is 17.9 Å². The van der Waals surface area contributed by atoms with Gasteiger partial charge in [-0.05, 0) is 19.3 Å². The van der Waals surface area contributed by atoms with Crippen molar-refractivity contribution in [2.75, 3.05) is 13.2 Å². The lowest BCUT2D eigenvalue weighted by atomic mass is 9.77. The van der Waals surface area contributed by atoms with Crippen LogP contribution in [-0.4, -0.2) is 36.2 Å². The van der Waals surface area contributed by atoms with Gasteiger partial charge in [-0.25, -0.2) is 4.79 Å². The third-order valence-electron chi connectivity index (χ3n) is 3.32. The predicted molar refractivity (Wildman–Crippen MR) is 74.3 cm³/mol. The standard InChI is InChI=1S/C15H20O6/c1-9(2)14(18)20-7-8-21-15(19)12-10(3)5-4-6-11(12)13(16)17/h4,6,10-12H,1,5,7-8H2,2-3H3,(H,16,17). The Bertz CT molecular complexity index is 465. The second kappa shape index (κ2) is 7.61. The summed E-state index contributed by atoms with van der Waals surface area (Å²) in [5.41, 5.74) is 0.262. The molecule has 21 heavy (non-hydrogen) atoms. The number of esters is 2. The smallest absolute Gasteiger partial charge is 0.333 e. The maximum atomic E-state index is 12.0. The van der Waals surface area contributed by atoms with E-state index in [-0.39, 0.29) is 24.7 Å². The number of rotatable bonds is 6. The lowest BCUT2D eigenvalue weighted by Gasteiger charge is -2.28. The SMILES string of the molecule is C=C(C)C(=O)OCCOC(=O)C1C(C)CC=CC1C(=O)O. The summed E-state index contributed by atoms with van der Waals surface area (Å²) in [6.45, 7) is 6.58. The molecule has 6 nitrogen and oxygen atoms in total. The molecule has 1 rings (SSSR count). The molecular formula is C15H20O6. The highest BCUT2D eigenvalue weighted by Gasteiger charge is 2.38. The minimum atomic E-state index is -1.05. The zero-order chi connectivity index (χ0) is 16.0. The fraction of sp³-hybridized carbons (Fsp3) is 0.533. The van der Waals surface area contributed by atoms with Crippen LogP contribution in [0.15, 0.2) is 24.3 Å². The zero-order valence-corrected chi connectivity index (χ0v) is 12.2. The molecule has 0 heterocycles. The summed E-state index contributed by atoms with van der Waals surface area (Å²) in [4.78, 5) is 34.3. The third kappa shape index (κ3) is 4.73. The number of carboxylic acids is 1. The summed E-state index contributed by atoms with van der Waals surface area (Å²) >= 11 is 0. The lowest BCUT2D eigenvalue weighted by molar-refractivity contribution is -0.161. The Morgan fingerprint density at radius 1 is 1.29 bits per heavy atom. The summed E-state index contributed by atoms with van der Waals surface area (Å²) in [5, 5.41) is 9.14. The summed E-state index contributed by atoms with van der Waals surface area (Å²) in [7, 11) is 0. The topological polar surface area (TPSA) is 89.9 Å². The molecule has 0 fully saturated rings. The van der Waals surface area contributed by atoms with Crippen LogP contribution in [0.25, 0.3) is 0 Å². The first-order valence-electron chi connectivity index (χ1n) is 6.73. The molecule has 0 spiro atoms. The van der Waals surface area contributed by atoms with E-state index >= 15 is 0 Å². The maximum absolute atomic E-state index is 12.0. The number of allylic oxidation sites excluding steroid dienone is 1. The van der Waals surface area contributed by atoms with Gasteiger partial charge in [0.05, 0.1) is 11.8 Å². The van der Waals surface area contributed by atoms with Crippen LogP contribution in [0, 0.1) is 17.8 Å². The fourth-order valence-corrected chi connectivity index (χ4v) is 2.17. The molecule has 1 N–H and O–H groups in total. The Balaban J connectivity index is 2.50. The fourth-order valence-electron chi connectivity index (χ4n) is 2.17. The Labute approximate surface area is 123 Å². The molecule has 0 aliphatic heterocycles. The second-order valence-electron chi connectivity index (χ2n) is 5.11. The molecule has 116 valence electrons. The highest BCUT2D eigenvalue weighted by Crippen LogP contribution is 2.31. The third-order valence-corrected chi connectivity index (χ3v) is 3.32. The Hall–Kier alpha value is -2.11. The van der Waals surface area contributed by atoms with Gasteiger partial charge >= 0.3 is 17.9 Å². The average molecular weight is 296 g/mol. The van der Waals surface area contributed by atoms with Crippen molar-refractivity contribution in [3.05, 3.63) is 24.3 Å². The molecule has 0 amide bonds. The van der Waals surface area contributed by atoms with Gasteiger partial charge in [0.2, 0.25) is 0 Å². The quantitative estimate of drug-likeness (QED) is 0.346. The van der Waals surface area contributed by atoms with Gasteiger partial charge in [0.1, 0.15) is 13.2 Å². The normalized spacial score (nSPS) is 24.2. The van der Waals surface area contributed by atoms with Crippen molar-refractivity contribution in [2.24, 2.45) is 17.8 Å². The van der Waals surface area contributed by atoms with E-state index in [0.29, 0.717) is 6.42 Å². The van der Waals surface area contributed by atoms with Crippen LogP contribution in [-0.2, 0) is 23.9 Å². The van der Waals surface area contributed by atoms with Crippen LogP contribution in [0.2, 0.25) is 0 Å².